The largest absolute Gasteiger partial charge is 0.480 e. The monoisotopic (exact) mass is 234 g/mol. The van der Waals surface area contributed by atoms with Crippen LogP contribution in [0.4, 0.5) is 0 Å². The van der Waals surface area contributed by atoms with Gasteiger partial charge in [0.25, 0.3) is 0 Å². The second-order valence-corrected chi connectivity index (χ2v) is 3.38. The molecule has 0 heterocycles. The van der Waals surface area contributed by atoms with Gasteiger partial charge in [0.2, 0.25) is 0 Å². The predicted molar refractivity (Wildman–Crippen MR) is 59.6 cm³/mol. The standard InChI is InChI=1S/C11H22O5/c1-2-3-4-5-14-6-7-15-8-9-16-10-11(12)13/h2-10H2,1H3,(H,12,13). The molecule has 0 atom stereocenters. The summed E-state index contributed by atoms with van der Waals surface area (Å²) in [5.74, 6) is -0.959. The summed E-state index contributed by atoms with van der Waals surface area (Å²) in [6.45, 7) is 4.50. The van der Waals surface area contributed by atoms with Gasteiger partial charge in [-0.25, -0.2) is 4.79 Å². The predicted octanol–water partition coefficient (Wildman–Crippen LogP) is 1.31. The lowest BCUT2D eigenvalue weighted by Crippen LogP contribution is -2.13. The van der Waals surface area contributed by atoms with E-state index in [1.54, 1.807) is 0 Å². The number of carboxylic acids is 1. The molecule has 0 rings (SSSR count). The van der Waals surface area contributed by atoms with Crippen LogP contribution in [-0.2, 0) is 19.0 Å². The third-order valence-electron chi connectivity index (χ3n) is 1.86. The SMILES string of the molecule is CCCCCOCCOCCOCC(=O)O. The summed E-state index contributed by atoms with van der Waals surface area (Å²) in [5.41, 5.74) is 0. The van der Waals surface area contributed by atoms with E-state index in [4.69, 9.17) is 19.3 Å². The zero-order chi connectivity index (χ0) is 12.1. The molecule has 5 nitrogen and oxygen atoms in total. The van der Waals surface area contributed by atoms with Gasteiger partial charge in [-0.05, 0) is 6.42 Å². The molecule has 0 aliphatic rings. The third-order valence-corrected chi connectivity index (χ3v) is 1.86. The quantitative estimate of drug-likeness (QED) is 0.516. The Hall–Kier alpha value is -0.650. The molecule has 0 bridgehead atoms. The van der Waals surface area contributed by atoms with Crippen LogP contribution in [-0.4, -0.2) is 50.7 Å². The zero-order valence-corrected chi connectivity index (χ0v) is 9.94. The number of rotatable bonds is 12. The topological polar surface area (TPSA) is 65.0 Å². The van der Waals surface area contributed by atoms with E-state index in [0.717, 1.165) is 13.0 Å². The van der Waals surface area contributed by atoms with Crippen molar-refractivity contribution in [2.75, 3.05) is 39.6 Å². The van der Waals surface area contributed by atoms with Crippen molar-refractivity contribution in [2.24, 2.45) is 0 Å². The van der Waals surface area contributed by atoms with Crippen LogP contribution >= 0.6 is 0 Å². The van der Waals surface area contributed by atoms with E-state index < -0.39 is 5.97 Å². The summed E-state index contributed by atoms with van der Waals surface area (Å²) in [5, 5.41) is 8.27. The first-order valence-corrected chi connectivity index (χ1v) is 5.72. The maximum Gasteiger partial charge on any atom is 0.329 e. The molecule has 0 spiro atoms. The molecular weight excluding hydrogens is 212 g/mol. The lowest BCUT2D eigenvalue weighted by molar-refractivity contribution is -0.142. The molecule has 0 saturated carbocycles. The molecule has 0 aromatic heterocycles. The molecule has 0 aromatic carbocycles. The second kappa shape index (κ2) is 12.4. The molecule has 0 unspecified atom stereocenters. The first-order chi connectivity index (χ1) is 7.77. The Morgan fingerprint density at radius 3 is 2.06 bits per heavy atom. The molecule has 16 heavy (non-hydrogen) atoms. The Balaban J connectivity index is 2.90. The van der Waals surface area contributed by atoms with Crippen LogP contribution in [0.2, 0.25) is 0 Å². The molecule has 0 saturated heterocycles. The Bertz CT molecular complexity index is 160. The average Bonchev–Trinajstić information content (AvgIpc) is 2.25. The van der Waals surface area contributed by atoms with Gasteiger partial charge in [-0.2, -0.15) is 0 Å². The minimum absolute atomic E-state index is 0.267. The molecule has 0 aliphatic carbocycles. The van der Waals surface area contributed by atoms with Crippen LogP contribution in [0.5, 0.6) is 0 Å². The van der Waals surface area contributed by atoms with Crippen LogP contribution in [0.15, 0.2) is 0 Å². The Labute approximate surface area is 96.7 Å². The zero-order valence-electron chi connectivity index (χ0n) is 9.94. The van der Waals surface area contributed by atoms with Crippen molar-refractivity contribution in [1.29, 1.82) is 0 Å². The fourth-order valence-corrected chi connectivity index (χ4v) is 1.05. The van der Waals surface area contributed by atoms with E-state index in [2.05, 4.69) is 6.92 Å². The maximum atomic E-state index is 10.1. The Kier molecular flexibility index (Phi) is 11.9. The fraction of sp³-hybridized carbons (Fsp3) is 0.909. The van der Waals surface area contributed by atoms with E-state index in [1.165, 1.54) is 12.8 Å². The molecule has 1 N–H and O–H groups in total. The summed E-state index contributed by atoms with van der Waals surface area (Å²) < 4.78 is 15.3. The molecule has 0 aliphatic heterocycles. The third kappa shape index (κ3) is 13.4. The fourth-order valence-electron chi connectivity index (χ4n) is 1.05. The van der Waals surface area contributed by atoms with Gasteiger partial charge in [-0.1, -0.05) is 19.8 Å². The van der Waals surface area contributed by atoms with Crippen molar-refractivity contribution < 1.29 is 24.1 Å². The van der Waals surface area contributed by atoms with Crippen molar-refractivity contribution in [3.8, 4) is 0 Å². The first-order valence-electron chi connectivity index (χ1n) is 5.72. The van der Waals surface area contributed by atoms with Crippen molar-refractivity contribution in [2.45, 2.75) is 26.2 Å². The van der Waals surface area contributed by atoms with Gasteiger partial charge in [-0.3, -0.25) is 0 Å². The highest BCUT2D eigenvalue weighted by Gasteiger charge is 1.95. The number of aliphatic carboxylic acids is 1. The summed E-state index contributed by atoms with van der Waals surface area (Å²) in [6, 6.07) is 0. The molecule has 0 aromatic rings. The van der Waals surface area contributed by atoms with Gasteiger partial charge in [0, 0.05) is 6.61 Å². The second-order valence-electron chi connectivity index (χ2n) is 3.38. The number of hydrogen-bond donors (Lipinski definition) is 1. The Morgan fingerprint density at radius 2 is 1.50 bits per heavy atom. The molecular formula is C11H22O5. The minimum Gasteiger partial charge on any atom is -0.480 e. The van der Waals surface area contributed by atoms with Gasteiger partial charge in [0.1, 0.15) is 6.61 Å². The molecule has 0 fully saturated rings. The summed E-state index contributed by atoms with van der Waals surface area (Å²) in [6.07, 6.45) is 3.49. The minimum atomic E-state index is -0.959. The summed E-state index contributed by atoms with van der Waals surface area (Å²) in [7, 11) is 0. The van der Waals surface area contributed by atoms with E-state index >= 15 is 0 Å². The number of carbonyl (C=O) groups is 1. The first kappa shape index (κ1) is 15.3. The molecule has 0 amide bonds. The van der Waals surface area contributed by atoms with Crippen molar-refractivity contribution in [3.63, 3.8) is 0 Å². The molecule has 0 radical (unpaired) electrons. The lowest BCUT2D eigenvalue weighted by atomic mass is 10.3. The van der Waals surface area contributed by atoms with Crippen LogP contribution < -0.4 is 0 Å². The number of ether oxygens (including phenoxy) is 3. The van der Waals surface area contributed by atoms with Crippen LogP contribution in [0.1, 0.15) is 26.2 Å². The van der Waals surface area contributed by atoms with Crippen LogP contribution in [0.25, 0.3) is 0 Å². The maximum absolute atomic E-state index is 10.1. The van der Waals surface area contributed by atoms with Crippen molar-refractivity contribution >= 4 is 5.97 Å². The van der Waals surface area contributed by atoms with Gasteiger partial charge in [0.05, 0.1) is 26.4 Å². The smallest absolute Gasteiger partial charge is 0.329 e. The highest BCUT2D eigenvalue weighted by molar-refractivity contribution is 5.67. The van der Waals surface area contributed by atoms with Gasteiger partial charge >= 0.3 is 5.97 Å². The highest BCUT2D eigenvalue weighted by atomic mass is 16.5. The van der Waals surface area contributed by atoms with E-state index in [-0.39, 0.29) is 6.61 Å². The average molecular weight is 234 g/mol. The number of carboxylic acid groups (broad SMARTS) is 1. The Morgan fingerprint density at radius 1 is 0.938 bits per heavy atom. The van der Waals surface area contributed by atoms with E-state index in [0.29, 0.717) is 26.4 Å². The van der Waals surface area contributed by atoms with Crippen molar-refractivity contribution in [3.05, 3.63) is 0 Å². The number of unbranched alkanes of at least 4 members (excludes halogenated alkanes) is 2. The lowest BCUT2D eigenvalue weighted by Gasteiger charge is -2.05. The molecule has 5 heteroatoms. The summed E-state index contributed by atoms with van der Waals surface area (Å²) in [4.78, 5) is 10.1. The van der Waals surface area contributed by atoms with Crippen molar-refractivity contribution in [1.82, 2.24) is 0 Å². The van der Waals surface area contributed by atoms with E-state index in [1.807, 2.05) is 0 Å². The van der Waals surface area contributed by atoms with Crippen LogP contribution in [0, 0.1) is 0 Å². The van der Waals surface area contributed by atoms with E-state index in [9.17, 15) is 4.79 Å². The van der Waals surface area contributed by atoms with Gasteiger partial charge < -0.3 is 19.3 Å². The highest BCUT2D eigenvalue weighted by Crippen LogP contribution is 1.93. The normalized spacial score (nSPS) is 10.6. The van der Waals surface area contributed by atoms with Gasteiger partial charge in [0.15, 0.2) is 0 Å². The van der Waals surface area contributed by atoms with Crippen LogP contribution in [0.3, 0.4) is 0 Å². The van der Waals surface area contributed by atoms with Gasteiger partial charge in [-0.15, -0.1) is 0 Å². The summed E-state index contributed by atoms with van der Waals surface area (Å²) >= 11 is 0. The number of hydrogen-bond acceptors (Lipinski definition) is 4. The molecule has 96 valence electrons.